The highest BCUT2D eigenvalue weighted by atomic mass is 31.2. The molecule has 1 amide bonds. The fraction of sp³-hybridized carbons (Fsp3) is 0.500. The van der Waals surface area contributed by atoms with Crippen molar-refractivity contribution in [3.8, 4) is 0 Å². The van der Waals surface area contributed by atoms with Crippen molar-refractivity contribution in [1.82, 2.24) is 24.2 Å². The molecule has 38 heavy (non-hydrogen) atoms. The second kappa shape index (κ2) is 12.7. The van der Waals surface area contributed by atoms with Gasteiger partial charge in [-0.15, -0.1) is 0 Å². The van der Waals surface area contributed by atoms with Crippen LogP contribution in [0.2, 0.25) is 0 Å². The highest BCUT2D eigenvalue weighted by molar-refractivity contribution is 7.44. The molecule has 1 unspecified atom stereocenters. The van der Waals surface area contributed by atoms with Gasteiger partial charge in [0.25, 0.3) is 14.4 Å². The zero-order valence-corrected chi connectivity index (χ0v) is 22.9. The lowest BCUT2D eigenvalue weighted by Gasteiger charge is -2.36. The Bertz CT molecular complexity index is 1280. The van der Waals surface area contributed by atoms with Gasteiger partial charge in [-0.25, -0.2) is 26.2 Å². The molecule has 1 N–H and O–H groups in total. The number of carbonyl (C=O) groups is 1. The van der Waals surface area contributed by atoms with Gasteiger partial charge in [0.05, 0.1) is 18.5 Å². The zero-order valence-electron chi connectivity index (χ0n) is 23.0. The molecule has 1 fully saturated rings. The van der Waals surface area contributed by atoms with Crippen molar-refractivity contribution in [3.63, 3.8) is 0 Å². The van der Waals surface area contributed by atoms with Crippen molar-refractivity contribution in [2.45, 2.75) is 71.5 Å². The van der Waals surface area contributed by atoms with E-state index >= 15 is 0 Å². The molecule has 11 nitrogen and oxygen atoms in total. The zero-order chi connectivity index (χ0) is 27.9. The van der Waals surface area contributed by atoms with Gasteiger partial charge in [0.2, 0.25) is 6.54 Å². The van der Waals surface area contributed by atoms with E-state index in [0.29, 0.717) is 29.0 Å². The van der Waals surface area contributed by atoms with Crippen LogP contribution in [-0.4, -0.2) is 67.5 Å². The topological polar surface area (TPSA) is 108 Å². The highest BCUT2D eigenvalue weighted by Crippen LogP contribution is 2.50. The summed E-state index contributed by atoms with van der Waals surface area (Å²) in [6, 6.07) is 9.20. The number of benzene rings is 1. The van der Waals surface area contributed by atoms with Gasteiger partial charge >= 0.3 is 0 Å². The highest BCUT2D eigenvalue weighted by Gasteiger charge is 2.39. The third kappa shape index (κ3) is 6.34. The number of imidazole rings is 1. The number of ether oxygens (including phenoxy) is 1. The summed E-state index contributed by atoms with van der Waals surface area (Å²) >= 11 is 0. The van der Waals surface area contributed by atoms with E-state index in [9.17, 15) is 4.79 Å². The molecule has 0 spiro atoms. The van der Waals surface area contributed by atoms with E-state index in [2.05, 4.69) is 57.5 Å². The van der Waals surface area contributed by atoms with Gasteiger partial charge in [0.1, 0.15) is 19.2 Å². The lowest BCUT2D eigenvalue weighted by Crippen LogP contribution is -2.35. The summed E-state index contributed by atoms with van der Waals surface area (Å²) in [4.78, 5) is 29.2. The summed E-state index contributed by atoms with van der Waals surface area (Å²) < 4.78 is 30.9. The number of aromatic nitrogens is 4. The van der Waals surface area contributed by atoms with Gasteiger partial charge in [-0.2, -0.15) is 0 Å². The first-order chi connectivity index (χ1) is 18.8. The fourth-order valence-corrected chi connectivity index (χ4v) is 6.06. The van der Waals surface area contributed by atoms with E-state index < -0.39 is 27.0 Å². The number of amides is 1. The Morgan fingerprint density at radius 3 is 2.74 bits per heavy atom. The molecule has 2 aromatic heterocycles. The molecule has 0 saturated carbocycles. The minimum atomic E-state index is -1.48. The first kappa shape index (κ1) is 26.6. The quantitative estimate of drug-likeness (QED) is 0.204. The summed E-state index contributed by atoms with van der Waals surface area (Å²) in [6.07, 6.45) is 2.08. The maximum atomic E-state index is 12.7. The molecule has 1 aromatic carbocycles. The number of nitrogens with one attached hydrogen (secondary N) is 1. The smallest absolute Gasteiger partial charge is 0.259 e. The first-order valence-corrected chi connectivity index (χ1v) is 13.7. The fourth-order valence-electron chi connectivity index (χ4n) is 4.31. The standard InChI is InChI=1S/C26H34N7O4P/c1-17(2)33(18(3)4)38(35-13-12-27-6)37-21-14-22(36-19(21)5)32-16-30-23-24(28-15-29-25(23)32)31-26(34)20-10-8-7-9-11-20/h7-11,15-19,21-22H,12-14H2,1-5H3,(H,28,29,31,34)/t19-,21+,22-,38?/m1/s1/i5D. The monoisotopic (exact) mass is 540 g/mol. The predicted octanol–water partition coefficient (Wildman–Crippen LogP) is 5.05. The Kier molecular flexibility index (Phi) is 8.89. The molecule has 3 heterocycles. The lowest BCUT2D eigenvalue weighted by atomic mass is 10.2. The molecule has 4 rings (SSSR count). The van der Waals surface area contributed by atoms with Crippen LogP contribution in [0.4, 0.5) is 5.82 Å². The summed E-state index contributed by atoms with van der Waals surface area (Å²) in [5.41, 5.74) is 1.45. The summed E-state index contributed by atoms with van der Waals surface area (Å²) in [7, 11) is -1.48. The van der Waals surface area contributed by atoms with E-state index in [-0.39, 0.29) is 38.0 Å². The van der Waals surface area contributed by atoms with Crippen LogP contribution in [0.1, 0.15) is 59.0 Å². The third-order valence-electron chi connectivity index (χ3n) is 5.99. The van der Waals surface area contributed by atoms with Gasteiger partial charge in [-0.3, -0.25) is 9.36 Å². The molecule has 1 saturated heterocycles. The number of carbonyl (C=O) groups excluding carboxylic acids is 1. The molecule has 1 aliphatic rings. The molecule has 0 bridgehead atoms. The molecular weight excluding hydrogens is 505 g/mol. The van der Waals surface area contributed by atoms with Crippen molar-refractivity contribution in [2.75, 3.05) is 18.5 Å². The largest absolute Gasteiger partial charge is 0.352 e. The van der Waals surface area contributed by atoms with E-state index in [1.54, 1.807) is 35.2 Å². The minimum absolute atomic E-state index is 0.00967. The van der Waals surface area contributed by atoms with Gasteiger partial charge in [0, 0.05) is 25.4 Å². The maximum Gasteiger partial charge on any atom is 0.259 e. The van der Waals surface area contributed by atoms with Crippen LogP contribution in [0.3, 0.4) is 0 Å². The average Bonchev–Trinajstić information content (AvgIpc) is 3.53. The lowest BCUT2D eigenvalue weighted by molar-refractivity contribution is -0.00488. The molecule has 0 aliphatic carbocycles. The Hall–Kier alpha value is -3.00. The average molecular weight is 541 g/mol. The molecule has 0 radical (unpaired) electrons. The molecule has 12 heteroatoms. The molecule has 1 aliphatic heterocycles. The van der Waals surface area contributed by atoms with Crippen molar-refractivity contribution >= 4 is 31.4 Å². The Morgan fingerprint density at radius 1 is 1.29 bits per heavy atom. The van der Waals surface area contributed by atoms with E-state index in [4.69, 9.17) is 21.7 Å². The van der Waals surface area contributed by atoms with Crippen LogP contribution < -0.4 is 5.32 Å². The number of hydrogen-bond acceptors (Lipinski definition) is 8. The van der Waals surface area contributed by atoms with Crippen molar-refractivity contribution in [3.05, 3.63) is 60.0 Å². The van der Waals surface area contributed by atoms with Crippen LogP contribution in [0, 0.1) is 6.57 Å². The van der Waals surface area contributed by atoms with Crippen LogP contribution >= 0.6 is 8.53 Å². The van der Waals surface area contributed by atoms with Gasteiger partial charge < -0.3 is 23.9 Å². The molecule has 3 aromatic rings. The van der Waals surface area contributed by atoms with Crippen LogP contribution in [0.5, 0.6) is 0 Å². The third-order valence-corrected chi connectivity index (χ3v) is 8.15. The second-order valence-electron chi connectivity index (χ2n) is 9.40. The summed E-state index contributed by atoms with van der Waals surface area (Å²) in [5.74, 6) is 0.00751. The Labute approximate surface area is 225 Å². The first-order valence-electron chi connectivity index (χ1n) is 13.2. The van der Waals surface area contributed by atoms with Crippen molar-refractivity contribution in [2.24, 2.45) is 0 Å². The molecule has 4 atom stereocenters. The van der Waals surface area contributed by atoms with Crippen LogP contribution in [0.25, 0.3) is 16.0 Å². The molecular formula is C26H34N7O4P. The SMILES string of the molecule is [2H]C[C@H]1O[C@@H](n2cnc3c(NC(=O)c4ccccc4)ncnc32)C[C@@H]1OP(OCC[N+]#[C-])N(C(C)C)C(C)C. The predicted molar refractivity (Wildman–Crippen MR) is 145 cm³/mol. The number of fused-ring (bicyclic) bond motifs is 1. The summed E-state index contributed by atoms with van der Waals surface area (Å²) in [5, 5.41) is 2.82. The van der Waals surface area contributed by atoms with E-state index in [1.807, 2.05) is 6.07 Å². The van der Waals surface area contributed by atoms with Gasteiger partial charge in [-0.05, 0) is 46.7 Å². The van der Waals surface area contributed by atoms with Crippen LogP contribution in [0.15, 0.2) is 43.0 Å². The van der Waals surface area contributed by atoms with Crippen molar-refractivity contribution < 1.29 is 19.9 Å². The second-order valence-corrected chi connectivity index (χ2v) is 10.8. The number of rotatable bonds is 11. The van der Waals surface area contributed by atoms with Gasteiger partial charge in [-0.1, -0.05) is 18.2 Å². The maximum absolute atomic E-state index is 12.7. The number of nitrogens with zero attached hydrogens (tertiary/aromatic N) is 6. The normalized spacial score (nSPS) is 20.7. The minimum Gasteiger partial charge on any atom is -0.352 e. The summed E-state index contributed by atoms with van der Waals surface area (Å²) in [6.45, 7) is 15.9. The Morgan fingerprint density at radius 2 is 2.05 bits per heavy atom. The van der Waals surface area contributed by atoms with E-state index in [1.165, 1.54) is 6.33 Å². The van der Waals surface area contributed by atoms with Crippen molar-refractivity contribution in [1.29, 1.82) is 0 Å². The Balaban J connectivity index is 1.54. The van der Waals surface area contributed by atoms with Gasteiger partial charge in [0.15, 0.2) is 17.0 Å². The number of anilines is 1. The molecule has 202 valence electrons. The van der Waals surface area contributed by atoms with Crippen LogP contribution in [-0.2, 0) is 13.8 Å². The van der Waals surface area contributed by atoms with E-state index in [0.717, 1.165) is 0 Å². The number of hydrogen-bond donors (Lipinski definition) is 1.